The summed E-state index contributed by atoms with van der Waals surface area (Å²) in [6.07, 6.45) is 0. The molecule has 2 N–H and O–H groups in total. The van der Waals surface area contributed by atoms with E-state index in [4.69, 9.17) is 4.74 Å². The SMILES string of the molecule is COc1cccc(NC(=O)CN[C@H](c2ccc(C)cc2)c2cccs2)c1. The summed E-state index contributed by atoms with van der Waals surface area (Å²) in [5.74, 6) is 0.624. The van der Waals surface area contributed by atoms with E-state index < -0.39 is 0 Å². The zero-order chi connectivity index (χ0) is 18.4. The average molecular weight is 366 g/mol. The highest BCUT2D eigenvalue weighted by Gasteiger charge is 2.16. The number of methoxy groups -OCH3 is 1. The van der Waals surface area contributed by atoms with Crippen LogP contribution in [0.25, 0.3) is 0 Å². The predicted octanol–water partition coefficient (Wildman–Crippen LogP) is 4.38. The van der Waals surface area contributed by atoms with Gasteiger partial charge in [-0.1, -0.05) is 42.0 Å². The number of hydrogen-bond acceptors (Lipinski definition) is 4. The highest BCUT2D eigenvalue weighted by atomic mass is 32.1. The summed E-state index contributed by atoms with van der Waals surface area (Å²) in [6, 6.07) is 19.8. The van der Waals surface area contributed by atoms with E-state index in [1.165, 1.54) is 10.4 Å². The summed E-state index contributed by atoms with van der Waals surface area (Å²) in [4.78, 5) is 13.5. The summed E-state index contributed by atoms with van der Waals surface area (Å²) >= 11 is 1.68. The van der Waals surface area contributed by atoms with Crippen LogP contribution in [0, 0.1) is 6.92 Å². The average Bonchev–Trinajstić information content (AvgIpc) is 3.18. The van der Waals surface area contributed by atoms with Gasteiger partial charge in [0.15, 0.2) is 0 Å². The van der Waals surface area contributed by atoms with E-state index in [0.717, 1.165) is 11.3 Å². The first-order valence-electron chi connectivity index (χ1n) is 8.43. The van der Waals surface area contributed by atoms with E-state index in [0.29, 0.717) is 5.75 Å². The van der Waals surface area contributed by atoms with Crippen molar-refractivity contribution in [2.75, 3.05) is 19.0 Å². The van der Waals surface area contributed by atoms with Gasteiger partial charge in [-0.05, 0) is 36.1 Å². The molecule has 1 aromatic heterocycles. The summed E-state index contributed by atoms with van der Waals surface area (Å²) in [5, 5.41) is 8.32. The zero-order valence-electron chi connectivity index (χ0n) is 14.9. The van der Waals surface area contributed by atoms with Crippen LogP contribution in [-0.2, 0) is 4.79 Å². The van der Waals surface area contributed by atoms with E-state index in [-0.39, 0.29) is 18.5 Å². The van der Waals surface area contributed by atoms with Gasteiger partial charge in [0, 0.05) is 16.6 Å². The van der Waals surface area contributed by atoms with Gasteiger partial charge in [0.2, 0.25) is 5.91 Å². The van der Waals surface area contributed by atoms with Gasteiger partial charge >= 0.3 is 0 Å². The molecule has 0 spiro atoms. The molecule has 0 aliphatic carbocycles. The maximum atomic E-state index is 12.4. The molecule has 0 radical (unpaired) electrons. The number of benzene rings is 2. The molecular weight excluding hydrogens is 344 g/mol. The van der Waals surface area contributed by atoms with E-state index >= 15 is 0 Å². The van der Waals surface area contributed by atoms with Gasteiger partial charge in [-0.2, -0.15) is 0 Å². The molecule has 0 unspecified atom stereocenters. The third-order valence-electron chi connectivity index (χ3n) is 4.06. The Morgan fingerprint density at radius 2 is 1.92 bits per heavy atom. The number of nitrogens with one attached hydrogen (secondary N) is 2. The van der Waals surface area contributed by atoms with Crippen molar-refractivity contribution in [3.8, 4) is 5.75 Å². The van der Waals surface area contributed by atoms with Crippen LogP contribution in [0.2, 0.25) is 0 Å². The number of rotatable bonds is 7. The zero-order valence-corrected chi connectivity index (χ0v) is 15.7. The Morgan fingerprint density at radius 3 is 2.62 bits per heavy atom. The molecule has 0 fully saturated rings. The Morgan fingerprint density at radius 1 is 1.12 bits per heavy atom. The predicted molar refractivity (Wildman–Crippen MR) is 107 cm³/mol. The number of carbonyl (C=O) groups is 1. The molecule has 0 saturated carbocycles. The lowest BCUT2D eigenvalue weighted by atomic mass is 10.0. The van der Waals surface area contributed by atoms with E-state index in [9.17, 15) is 4.79 Å². The first kappa shape index (κ1) is 18.2. The minimum absolute atomic E-state index is 0.00772. The number of carbonyl (C=O) groups excluding carboxylic acids is 1. The van der Waals surface area contributed by atoms with Gasteiger partial charge < -0.3 is 10.1 Å². The monoisotopic (exact) mass is 366 g/mol. The molecule has 4 nitrogen and oxygen atoms in total. The van der Waals surface area contributed by atoms with Crippen LogP contribution in [0.1, 0.15) is 22.0 Å². The van der Waals surface area contributed by atoms with E-state index in [1.807, 2.05) is 24.3 Å². The van der Waals surface area contributed by atoms with Crippen LogP contribution in [0.5, 0.6) is 5.75 Å². The van der Waals surface area contributed by atoms with Crippen molar-refractivity contribution >= 4 is 22.9 Å². The molecule has 5 heteroatoms. The van der Waals surface area contributed by atoms with Gasteiger partial charge in [-0.15, -0.1) is 11.3 Å². The Balaban J connectivity index is 1.67. The fourth-order valence-corrected chi connectivity index (χ4v) is 3.52. The molecule has 3 rings (SSSR count). The normalized spacial score (nSPS) is 11.8. The first-order chi connectivity index (χ1) is 12.7. The molecule has 1 atom stereocenters. The molecule has 0 saturated heterocycles. The van der Waals surface area contributed by atoms with Crippen molar-refractivity contribution in [3.63, 3.8) is 0 Å². The third-order valence-corrected chi connectivity index (χ3v) is 5.00. The molecule has 0 aliphatic rings. The fraction of sp³-hybridized carbons (Fsp3) is 0.190. The molecule has 0 aliphatic heterocycles. The van der Waals surface area contributed by atoms with Crippen molar-refractivity contribution in [2.45, 2.75) is 13.0 Å². The van der Waals surface area contributed by atoms with Gasteiger partial charge in [-0.3, -0.25) is 10.1 Å². The Hall–Kier alpha value is -2.63. The first-order valence-corrected chi connectivity index (χ1v) is 9.31. The molecular formula is C21H22N2O2S. The summed E-state index contributed by atoms with van der Waals surface area (Å²) in [5.41, 5.74) is 3.08. The Kier molecular flexibility index (Phi) is 6.04. The van der Waals surface area contributed by atoms with Crippen molar-refractivity contribution < 1.29 is 9.53 Å². The van der Waals surface area contributed by atoms with Crippen LogP contribution in [0.4, 0.5) is 5.69 Å². The maximum Gasteiger partial charge on any atom is 0.238 e. The molecule has 3 aromatic rings. The lowest BCUT2D eigenvalue weighted by molar-refractivity contribution is -0.115. The molecule has 1 amide bonds. The largest absolute Gasteiger partial charge is 0.497 e. The third kappa shape index (κ3) is 4.71. The minimum atomic E-state index is -0.0908. The minimum Gasteiger partial charge on any atom is -0.497 e. The van der Waals surface area contributed by atoms with Crippen molar-refractivity contribution in [1.82, 2.24) is 5.32 Å². The molecule has 26 heavy (non-hydrogen) atoms. The van der Waals surface area contributed by atoms with E-state index in [1.54, 1.807) is 24.5 Å². The summed E-state index contributed by atoms with van der Waals surface area (Å²) in [7, 11) is 1.61. The maximum absolute atomic E-state index is 12.4. The quantitative estimate of drug-likeness (QED) is 0.652. The Labute approximate surface area is 157 Å². The van der Waals surface area contributed by atoms with Gasteiger partial charge in [0.1, 0.15) is 5.75 Å². The van der Waals surface area contributed by atoms with Crippen LogP contribution in [0.15, 0.2) is 66.0 Å². The second-order valence-corrected chi connectivity index (χ2v) is 7.00. The van der Waals surface area contributed by atoms with Gasteiger partial charge in [-0.25, -0.2) is 0 Å². The number of hydrogen-bond donors (Lipinski definition) is 2. The van der Waals surface area contributed by atoms with Crippen molar-refractivity contribution in [1.29, 1.82) is 0 Å². The highest BCUT2D eigenvalue weighted by molar-refractivity contribution is 7.10. The van der Waals surface area contributed by atoms with Gasteiger partial charge in [0.25, 0.3) is 0 Å². The lowest BCUT2D eigenvalue weighted by Gasteiger charge is -2.18. The second-order valence-electron chi connectivity index (χ2n) is 6.02. The highest BCUT2D eigenvalue weighted by Crippen LogP contribution is 2.26. The van der Waals surface area contributed by atoms with Crippen molar-refractivity contribution in [3.05, 3.63) is 82.0 Å². The summed E-state index contributed by atoms with van der Waals surface area (Å²) in [6.45, 7) is 2.28. The van der Waals surface area contributed by atoms with Crippen LogP contribution < -0.4 is 15.4 Å². The fourth-order valence-electron chi connectivity index (χ4n) is 2.70. The number of amides is 1. The molecule has 2 aromatic carbocycles. The number of aryl methyl sites for hydroxylation is 1. The lowest BCUT2D eigenvalue weighted by Crippen LogP contribution is -2.31. The molecule has 0 bridgehead atoms. The van der Waals surface area contributed by atoms with Crippen LogP contribution >= 0.6 is 11.3 Å². The summed E-state index contributed by atoms with van der Waals surface area (Å²) < 4.78 is 5.19. The standard InChI is InChI=1S/C21H22N2O2S/c1-15-8-10-16(11-9-15)21(19-7-4-12-26-19)22-14-20(24)23-17-5-3-6-18(13-17)25-2/h3-13,21-22H,14H2,1-2H3,(H,23,24)/t21-/m1/s1. The number of thiophene rings is 1. The van der Waals surface area contributed by atoms with Gasteiger partial charge in [0.05, 0.1) is 19.7 Å². The Bertz CT molecular complexity index is 845. The van der Waals surface area contributed by atoms with E-state index in [2.05, 4.69) is 53.3 Å². The molecule has 1 heterocycles. The van der Waals surface area contributed by atoms with Crippen LogP contribution in [0.3, 0.4) is 0 Å². The number of ether oxygens (including phenoxy) is 1. The second kappa shape index (κ2) is 8.65. The topological polar surface area (TPSA) is 50.4 Å². The van der Waals surface area contributed by atoms with Crippen molar-refractivity contribution in [2.24, 2.45) is 0 Å². The molecule has 134 valence electrons. The number of anilines is 1. The smallest absolute Gasteiger partial charge is 0.238 e. The van der Waals surface area contributed by atoms with Crippen LogP contribution in [-0.4, -0.2) is 19.6 Å².